The first-order valence-corrected chi connectivity index (χ1v) is 6.21. The molecule has 0 spiro atoms. The lowest BCUT2D eigenvalue weighted by molar-refractivity contribution is -0.126. The van der Waals surface area contributed by atoms with E-state index in [1.165, 1.54) is 7.11 Å². The predicted molar refractivity (Wildman–Crippen MR) is 66.5 cm³/mol. The summed E-state index contributed by atoms with van der Waals surface area (Å²) in [5, 5.41) is 0. The number of esters is 1. The standard InChI is InChI=1S/C14H17FO4/c1-17-13-7-11(8-15)12(19-13)9-18-14(16)10-5-3-2-4-6-10/h2-6,11-13H,7-9H2,1H3/t11-,12-,13?/m1/s1. The zero-order chi connectivity index (χ0) is 13.7. The van der Waals surface area contributed by atoms with Crippen LogP contribution in [0.5, 0.6) is 0 Å². The molecule has 104 valence electrons. The average molecular weight is 268 g/mol. The van der Waals surface area contributed by atoms with Crippen LogP contribution in [0.4, 0.5) is 4.39 Å². The maximum absolute atomic E-state index is 12.8. The van der Waals surface area contributed by atoms with E-state index in [4.69, 9.17) is 14.2 Å². The van der Waals surface area contributed by atoms with Crippen LogP contribution in [0.25, 0.3) is 0 Å². The van der Waals surface area contributed by atoms with E-state index >= 15 is 0 Å². The summed E-state index contributed by atoms with van der Waals surface area (Å²) in [6.07, 6.45) is -0.371. The number of benzene rings is 1. The van der Waals surface area contributed by atoms with Crippen LogP contribution in [0.2, 0.25) is 0 Å². The van der Waals surface area contributed by atoms with Crippen LogP contribution >= 0.6 is 0 Å². The van der Waals surface area contributed by atoms with Crippen molar-refractivity contribution in [3.05, 3.63) is 35.9 Å². The van der Waals surface area contributed by atoms with Gasteiger partial charge in [0.2, 0.25) is 0 Å². The third kappa shape index (κ3) is 3.52. The van der Waals surface area contributed by atoms with E-state index in [1.807, 2.05) is 6.07 Å². The second-order valence-corrected chi connectivity index (χ2v) is 4.45. The fourth-order valence-electron chi connectivity index (χ4n) is 2.07. The highest BCUT2D eigenvalue weighted by Crippen LogP contribution is 2.27. The topological polar surface area (TPSA) is 44.8 Å². The second kappa shape index (κ2) is 6.63. The maximum Gasteiger partial charge on any atom is 0.338 e. The molecular formula is C14H17FO4. The molecule has 1 aromatic rings. The number of halogens is 1. The molecule has 2 rings (SSSR count). The van der Waals surface area contributed by atoms with Crippen molar-refractivity contribution in [2.45, 2.75) is 18.8 Å². The number of carbonyl (C=O) groups excluding carboxylic acids is 1. The molecule has 1 aliphatic rings. The highest BCUT2D eigenvalue weighted by Gasteiger charge is 2.36. The number of hydrogen-bond acceptors (Lipinski definition) is 4. The minimum atomic E-state index is -0.507. The van der Waals surface area contributed by atoms with E-state index in [1.54, 1.807) is 24.3 Å². The van der Waals surface area contributed by atoms with Gasteiger partial charge in [-0.25, -0.2) is 4.79 Å². The van der Waals surface area contributed by atoms with Gasteiger partial charge in [0.15, 0.2) is 6.29 Å². The average Bonchev–Trinajstić information content (AvgIpc) is 2.88. The van der Waals surface area contributed by atoms with E-state index in [-0.39, 0.29) is 12.5 Å². The summed E-state index contributed by atoms with van der Waals surface area (Å²) in [6, 6.07) is 8.67. The van der Waals surface area contributed by atoms with Gasteiger partial charge in [-0.2, -0.15) is 0 Å². The second-order valence-electron chi connectivity index (χ2n) is 4.45. The molecule has 3 atom stereocenters. The summed E-state index contributed by atoms with van der Waals surface area (Å²) < 4.78 is 28.5. The van der Waals surface area contributed by atoms with Crippen molar-refractivity contribution in [3.63, 3.8) is 0 Å². The number of carbonyl (C=O) groups is 1. The molecule has 1 fully saturated rings. The van der Waals surface area contributed by atoms with E-state index in [2.05, 4.69) is 0 Å². The van der Waals surface area contributed by atoms with Crippen molar-refractivity contribution in [3.8, 4) is 0 Å². The molecule has 1 unspecified atom stereocenters. The van der Waals surface area contributed by atoms with Gasteiger partial charge in [0.05, 0.1) is 12.2 Å². The van der Waals surface area contributed by atoms with Crippen molar-refractivity contribution in [2.24, 2.45) is 5.92 Å². The Kier molecular flexibility index (Phi) is 4.87. The Labute approximate surface area is 111 Å². The molecular weight excluding hydrogens is 251 g/mol. The number of methoxy groups -OCH3 is 1. The molecule has 0 radical (unpaired) electrons. The first kappa shape index (κ1) is 14.0. The lowest BCUT2D eigenvalue weighted by Crippen LogP contribution is -2.26. The molecule has 0 amide bonds. The Bertz CT molecular complexity index is 409. The molecule has 0 saturated carbocycles. The number of hydrogen-bond donors (Lipinski definition) is 0. The number of alkyl halides is 1. The maximum atomic E-state index is 12.8. The van der Waals surface area contributed by atoms with Crippen LogP contribution in [-0.2, 0) is 14.2 Å². The van der Waals surface area contributed by atoms with Gasteiger partial charge >= 0.3 is 5.97 Å². The van der Waals surface area contributed by atoms with E-state index in [0.717, 1.165) is 0 Å². The SMILES string of the molecule is COC1C[C@H](CF)[C@@H](COC(=O)c2ccccc2)O1. The molecule has 1 aliphatic heterocycles. The van der Waals surface area contributed by atoms with E-state index in [9.17, 15) is 9.18 Å². The molecule has 4 nitrogen and oxygen atoms in total. The lowest BCUT2D eigenvalue weighted by Gasteiger charge is -2.15. The normalized spacial score (nSPS) is 26.3. The fourth-order valence-corrected chi connectivity index (χ4v) is 2.07. The summed E-state index contributed by atoms with van der Waals surface area (Å²) in [4.78, 5) is 11.7. The van der Waals surface area contributed by atoms with Gasteiger partial charge in [-0.1, -0.05) is 18.2 Å². The van der Waals surface area contributed by atoms with Crippen molar-refractivity contribution in [2.75, 3.05) is 20.4 Å². The highest BCUT2D eigenvalue weighted by atomic mass is 19.1. The molecule has 5 heteroatoms. The Balaban J connectivity index is 1.86. The van der Waals surface area contributed by atoms with Crippen molar-refractivity contribution in [1.29, 1.82) is 0 Å². The largest absolute Gasteiger partial charge is 0.459 e. The number of ether oxygens (including phenoxy) is 3. The summed E-state index contributed by atoms with van der Waals surface area (Å²) in [7, 11) is 1.51. The molecule has 1 heterocycles. The first-order valence-electron chi connectivity index (χ1n) is 6.21. The Morgan fingerprint density at radius 1 is 1.42 bits per heavy atom. The van der Waals surface area contributed by atoms with Crippen LogP contribution in [-0.4, -0.2) is 38.8 Å². The van der Waals surface area contributed by atoms with E-state index in [0.29, 0.717) is 12.0 Å². The summed E-state index contributed by atoms with van der Waals surface area (Å²) in [5.41, 5.74) is 0.473. The molecule has 0 N–H and O–H groups in total. The van der Waals surface area contributed by atoms with Gasteiger partial charge in [0.25, 0.3) is 0 Å². The Morgan fingerprint density at radius 3 is 2.79 bits per heavy atom. The predicted octanol–water partition coefficient (Wildman–Crippen LogP) is 2.19. The summed E-state index contributed by atoms with van der Waals surface area (Å²) in [5.74, 6) is -0.712. The van der Waals surface area contributed by atoms with Crippen LogP contribution in [0, 0.1) is 5.92 Å². The third-order valence-electron chi connectivity index (χ3n) is 3.20. The molecule has 0 aromatic heterocycles. The molecule has 0 aliphatic carbocycles. The van der Waals surface area contributed by atoms with Crippen LogP contribution in [0.1, 0.15) is 16.8 Å². The van der Waals surface area contributed by atoms with Gasteiger partial charge in [0, 0.05) is 19.4 Å². The summed E-state index contributed by atoms with van der Waals surface area (Å²) >= 11 is 0. The zero-order valence-electron chi connectivity index (χ0n) is 10.8. The van der Waals surface area contributed by atoms with Crippen LogP contribution in [0.15, 0.2) is 30.3 Å². The Morgan fingerprint density at radius 2 is 2.16 bits per heavy atom. The Hall–Kier alpha value is -1.46. The minimum Gasteiger partial charge on any atom is -0.459 e. The minimum absolute atomic E-state index is 0.0438. The lowest BCUT2D eigenvalue weighted by atomic mass is 10.0. The molecule has 0 bridgehead atoms. The van der Waals surface area contributed by atoms with Gasteiger partial charge < -0.3 is 14.2 Å². The molecule has 19 heavy (non-hydrogen) atoms. The quantitative estimate of drug-likeness (QED) is 0.768. The first-order chi connectivity index (χ1) is 9.24. The molecule has 1 saturated heterocycles. The number of rotatable bonds is 5. The smallest absolute Gasteiger partial charge is 0.338 e. The zero-order valence-corrected chi connectivity index (χ0v) is 10.8. The summed E-state index contributed by atoms with van der Waals surface area (Å²) in [6.45, 7) is -0.463. The van der Waals surface area contributed by atoms with Gasteiger partial charge in [0.1, 0.15) is 12.7 Å². The van der Waals surface area contributed by atoms with Crippen LogP contribution < -0.4 is 0 Å². The van der Waals surface area contributed by atoms with E-state index < -0.39 is 25.0 Å². The van der Waals surface area contributed by atoms with Crippen LogP contribution in [0.3, 0.4) is 0 Å². The van der Waals surface area contributed by atoms with Gasteiger partial charge in [-0.3, -0.25) is 4.39 Å². The molecule has 1 aromatic carbocycles. The van der Waals surface area contributed by atoms with Crippen molar-refractivity contribution >= 4 is 5.97 Å². The van der Waals surface area contributed by atoms with Crippen molar-refractivity contribution in [1.82, 2.24) is 0 Å². The highest BCUT2D eigenvalue weighted by molar-refractivity contribution is 5.89. The fraction of sp³-hybridized carbons (Fsp3) is 0.500. The van der Waals surface area contributed by atoms with Crippen molar-refractivity contribution < 1.29 is 23.4 Å². The van der Waals surface area contributed by atoms with Gasteiger partial charge in [-0.05, 0) is 12.1 Å². The monoisotopic (exact) mass is 268 g/mol. The third-order valence-corrected chi connectivity index (χ3v) is 3.20. The van der Waals surface area contributed by atoms with Gasteiger partial charge in [-0.15, -0.1) is 0 Å².